The van der Waals surface area contributed by atoms with Crippen molar-refractivity contribution >= 4 is 11.9 Å². The van der Waals surface area contributed by atoms with E-state index in [4.69, 9.17) is 4.74 Å². The number of hydrogen-bond donors (Lipinski definition) is 3. The molecule has 6 heteroatoms. The van der Waals surface area contributed by atoms with E-state index in [1.807, 2.05) is 60.8 Å². The minimum absolute atomic E-state index is 0.0192. The first-order valence-corrected chi connectivity index (χ1v) is 23.9. The minimum Gasteiger partial charge on any atom is -0.462 e. The topological polar surface area (TPSA) is 95.9 Å². The van der Waals surface area contributed by atoms with Crippen LogP contribution >= 0.6 is 0 Å². The zero-order valence-electron chi connectivity index (χ0n) is 37.6. The van der Waals surface area contributed by atoms with Gasteiger partial charge in [0, 0.05) is 6.42 Å². The van der Waals surface area contributed by atoms with Crippen LogP contribution in [0.15, 0.2) is 85.1 Å². The highest BCUT2D eigenvalue weighted by atomic mass is 16.5. The third-order valence-corrected chi connectivity index (χ3v) is 10.4. The number of amides is 1. The van der Waals surface area contributed by atoms with Crippen LogP contribution in [0, 0.1) is 0 Å². The maximum absolute atomic E-state index is 13.1. The standard InChI is InChI=1S/C52H89NO5/c1-4-7-10-13-16-19-22-24-26-27-29-31-34-37-40-43-48(58-52(57)45-42-39-36-33-21-18-15-12-9-6-3)46-51(56)53-49(47-54)50(55)44-41-38-35-32-30-28-25-23-20-17-14-11-8-5-2/h7,10,12-13,15-16,19,22,24,26-27,29,31,34,48-50,54-55H,4-6,8-9,11,14,17-18,20-21,23,25,28,30,32-33,35-47H2,1-3H3,(H,53,56)/b10-7-,15-12-,16-13+,22-19+,26-24-,29-27+,34-31+. The average Bonchev–Trinajstić information content (AvgIpc) is 3.22. The van der Waals surface area contributed by atoms with Crippen LogP contribution in [-0.4, -0.2) is 46.9 Å². The maximum Gasteiger partial charge on any atom is 0.306 e. The number of aliphatic hydroxyl groups excluding tert-OH is 2. The molecule has 3 N–H and O–H groups in total. The Morgan fingerprint density at radius 3 is 1.55 bits per heavy atom. The zero-order chi connectivity index (χ0) is 42.4. The number of nitrogens with one attached hydrogen (secondary N) is 1. The van der Waals surface area contributed by atoms with Crippen LogP contribution in [0.25, 0.3) is 0 Å². The van der Waals surface area contributed by atoms with Gasteiger partial charge in [0.15, 0.2) is 0 Å². The number of hydrogen-bond acceptors (Lipinski definition) is 5. The summed E-state index contributed by atoms with van der Waals surface area (Å²) in [6.45, 7) is 6.24. The summed E-state index contributed by atoms with van der Waals surface area (Å²) < 4.78 is 5.86. The van der Waals surface area contributed by atoms with E-state index < -0.39 is 18.2 Å². The molecule has 0 aliphatic carbocycles. The molecular formula is C52H89NO5. The highest BCUT2D eigenvalue weighted by Crippen LogP contribution is 2.17. The molecule has 0 aliphatic rings. The van der Waals surface area contributed by atoms with Gasteiger partial charge in [-0.1, -0.05) is 221 Å². The molecule has 0 aromatic heterocycles. The number of carbonyl (C=O) groups is 2. The fourth-order valence-electron chi connectivity index (χ4n) is 6.76. The Labute approximate surface area is 357 Å². The molecule has 0 spiro atoms. The fraction of sp³-hybridized carbons (Fsp3) is 0.692. The van der Waals surface area contributed by atoms with Gasteiger partial charge in [-0.2, -0.15) is 0 Å². The molecule has 3 unspecified atom stereocenters. The van der Waals surface area contributed by atoms with Crippen LogP contribution in [0.2, 0.25) is 0 Å². The van der Waals surface area contributed by atoms with Crippen molar-refractivity contribution in [2.24, 2.45) is 0 Å². The Bertz CT molecular complexity index is 1130. The molecule has 58 heavy (non-hydrogen) atoms. The zero-order valence-corrected chi connectivity index (χ0v) is 37.6. The van der Waals surface area contributed by atoms with E-state index in [9.17, 15) is 19.8 Å². The molecule has 332 valence electrons. The summed E-state index contributed by atoms with van der Waals surface area (Å²) in [7, 11) is 0. The second-order valence-electron chi connectivity index (χ2n) is 15.9. The lowest BCUT2D eigenvalue weighted by Gasteiger charge is -2.24. The van der Waals surface area contributed by atoms with E-state index in [1.165, 1.54) is 83.5 Å². The van der Waals surface area contributed by atoms with Crippen LogP contribution in [0.3, 0.4) is 0 Å². The van der Waals surface area contributed by atoms with E-state index in [0.717, 1.165) is 77.0 Å². The van der Waals surface area contributed by atoms with Crippen LogP contribution < -0.4 is 5.32 Å². The van der Waals surface area contributed by atoms with Crippen molar-refractivity contribution in [2.75, 3.05) is 6.61 Å². The molecule has 0 saturated heterocycles. The molecule has 0 aliphatic heterocycles. The van der Waals surface area contributed by atoms with Crippen molar-refractivity contribution in [3.63, 3.8) is 0 Å². The number of carbonyl (C=O) groups excluding carboxylic acids is 2. The van der Waals surface area contributed by atoms with Crippen molar-refractivity contribution < 1.29 is 24.5 Å². The first-order chi connectivity index (χ1) is 28.5. The molecule has 0 aromatic carbocycles. The monoisotopic (exact) mass is 808 g/mol. The molecule has 0 radical (unpaired) electrons. The van der Waals surface area contributed by atoms with E-state index in [-0.39, 0.29) is 24.9 Å². The predicted molar refractivity (Wildman–Crippen MR) is 250 cm³/mol. The summed E-state index contributed by atoms with van der Waals surface area (Å²) in [6, 6.07) is -0.730. The van der Waals surface area contributed by atoms with E-state index >= 15 is 0 Å². The van der Waals surface area contributed by atoms with Crippen molar-refractivity contribution in [1.82, 2.24) is 5.32 Å². The smallest absolute Gasteiger partial charge is 0.306 e. The third kappa shape index (κ3) is 39.8. The number of ether oxygens (including phenoxy) is 1. The van der Waals surface area contributed by atoms with Gasteiger partial charge in [-0.25, -0.2) is 0 Å². The number of allylic oxidation sites excluding steroid dienone is 14. The summed E-state index contributed by atoms with van der Waals surface area (Å²) in [5.41, 5.74) is 0. The summed E-state index contributed by atoms with van der Waals surface area (Å²) in [5.74, 6) is -0.568. The van der Waals surface area contributed by atoms with Crippen LogP contribution in [0.1, 0.15) is 207 Å². The summed E-state index contributed by atoms with van der Waals surface area (Å²) in [4.78, 5) is 26.0. The number of unbranched alkanes of at least 4 members (excludes halogenated alkanes) is 20. The summed E-state index contributed by atoms with van der Waals surface area (Å²) >= 11 is 0. The van der Waals surface area contributed by atoms with Crippen molar-refractivity contribution in [3.8, 4) is 0 Å². The average molecular weight is 808 g/mol. The minimum atomic E-state index is -0.812. The Kier molecular flexibility index (Phi) is 42.8. The fourth-order valence-corrected chi connectivity index (χ4v) is 6.76. The maximum atomic E-state index is 13.1. The highest BCUT2D eigenvalue weighted by Gasteiger charge is 2.24. The Balaban J connectivity index is 4.73. The van der Waals surface area contributed by atoms with Gasteiger partial charge in [0.25, 0.3) is 0 Å². The normalized spacial score (nSPS) is 14.1. The quantitative estimate of drug-likeness (QED) is 0.0247. The van der Waals surface area contributed by atoms with E-state index in [0.29, 0.717) is 19.3 Å². The molecule has 0 aromatic rings. The van der Waals surface area contributed by atoms with Gasteiger partial charge in [0.2, 0.25) is 5.91 Å². The number of rotatable bonds is 41. The molecule has 0 rings (SSSR count). The van der Waals surface area contributed by atoms with E-state index in [2.05, 4.69) is 50.4 Å². The van der Waals surface area contributed by atoms with E-state index in [1.54, 1.807) is 0 Å². The van der Waals surface area contributed by atoms with Gasteiger partial charge >= 0.3 is 5.97 Å². The lowest BCUT2D eigenvalue weighted by Crippen LogP contribution is -2.46. The second kappa shape index (κ2) is 45.1. The lowest BCUT2D eigenvalue weighted by atomic mass is 10.0. The number of esters is 1. The van der Waals surface area contributed by atoms with Gasteiger partial charge in [-0.3, -0.25) is 9.59 Å². The molecule has 1 amide bonds. The van der Waals surface area contributed by atoms with Crippen molar-refractivity contribution in [2.45, 2.75) is 225 Å². The number of aliphatic hydroxyl groups is 2. The first kappa shape index (κ1) is 55.0. The van der Waals surface area contributed by atoms with Gasteiger partial charge < -0.3 is 20.3 Å². The van der Waals surface area contributed by atoms with Crippen LogP contribution in [0.4, 0.5) is 0 Å². The largest absolute Gasteiger partial charge is 0.462 e. The summed E-state index contributed by atoms with van der Waals surface area (Å²) in [5, 5.41) is 23.7. The van der Waals surface area contributed by atoms with Crippen molar-refractivity contribution in [3.05, 3.63) is 85.1 Å². The van der Waals surface area contributed by atoms with Crippen LogP contribution in [0.5, 0.6) is 0 Å². The highest BCUT2D eigenvalue weighted by molar-refractivity contribution is 5.77. The Morgan fingerprint density at radius 1 is 0.517 bits per heavy atom. The first-order valence-electron chi connectivity index (χ1n) is 23.9. The molecular weight excluding hydrogens is 719 g/mol. The molecule has 0 fully saturated rings. The Hall–Kier alpha value is -2.96. The molecule has 0 heterocycles. The van der Waals surface area contributed by atoms with Gasteiger partial charge in [0.05, 0.1) is 25.2 Å². The molecule has 3 atom stereocenters. The van der Waals surface area contributed by atoms with Crippen LogP contribution in [-0.2, 0) is 14.3 Å². The van der Waals surface area contributed by atoms with Gasteiger partial charge in [0.1, 0.15) is 6.10 Å². The molecule has 6 nitrogen and oxygen atoms in total. The Morgan fingerprint density at radius 2 is 1.00 bits per heavy atom. The van der Waals surface area contributed by atoms with Crippen molar-refractivity contribution in [1.29, 1.82) is 0 Å². The van der Waals surface area contributed by atoms with Gasteiger partial charge in [-0.05, 0) is 57.8 Å². The molecule has 0 saturated carbocycles. The van der Waals surface area contributed by atoms with Gasteiger partial charge in [-0.15, -0.1) is 0 Å². The summed E-state index contributed by atoms with van der Waals surface area (Å²) in [6.07, 6.45) is 57.9. The third-order valence-electron chi connectivity index (χ3n) is 10.4. The molecule has 0 bridgehead atoms. The predicted octanol–water partition coefficient (Wildman–Crippen LogP) is 14.0. The SMILES string of the molecule is CC\C=C/C=C/C=C/C=C\C=C\C=C\CCCC(CC(=O)NC(CO)C(O)CCCCCCCCCCCCCCCC)OC(=O)CCCCCCC/C=C\CCC. The second-order valence-corrected chi connectivity index (χ2v) is 15.9. The lowest BCUT2D eigenvalue weighted by molar-refractivity contribution is -0.151.